The average molecular weight is 400 g/mol. The summed E-state index contributed by atoms with van der Waals surface area (Å²) in [5, 5.41) is 0. The third-order valence-corrected chi connectivity index (χ3v) is 6.33. The van der Waals surface area contributed by atoms with Crippen molar-refractivity contribution in [1.29, 1.82) is 0 Å². The van der Waals surface area contributed by atoms with Crippen LogP contribution >= 0.6 is 0 Å². The SMILES string of the molecule is O=Cc1c(F)cc(-c2cnc(N3CC4CCCC3CN4C3COC3)nc2)cc1F. The Kier molecular flexibility index (Phi) is 4.75. The molecule has 2 bridgehead atoms. The van der Waals surface area contributed by atoms with Gasteiger partial charge in [0.1, 0.15) is 11.6 Å². The number of halogens is 2. The van der Waals surface area contributed by atoms with Gasteiger partial charge in [-0.2, -0.15) is 0 Å². The number of aromatic nitrogens is 2. The lowest BCUT2D eigenvalue weighted by Crippen LogP contribution is -2.63. The zero-order valence-corrected chi connectivity index (χ0v) is 15.9. The first-order valence-electron chi connectivity index (χ1n) is 10.0. The van der Waals surface area contributed by atoms with Gasteiger partial charge in [-0.15, -0.1) is 0 Å². The Morgan fingerprint density at radius 2 is 1.66 bits per heavy atom. The topological polar surface area (TPSA) is 58.6 Å². The van der Waals surface area contributed by atoms with E-state index in [0.717, 1.165) is 44.9 Å². The molecule has 2 unspecified atom stereocenters. The molecule has 4 aliphatic heterocycles. The van der Waals surface area contributed by atoms with E-state index in [2.05, 4.69) is 19.8 Å². The second-order valence-corrected chi connectivity index (χ2v) is 8.02. The Morgan fingerprint density at radius 3 is 2.28 bits per heavy atom. The highest BCUT2D eigenvalue weighted by Gasteiger charge is 2.42. The number of nitrogens with zero attached hydrogens (tertiary/aromatic N) is 4. The first kappa shape index (κ1) is 18.6. The van der Waals surface area contributed by atoms with Gasteiger partial charge in [-0.25, -0.2) is 18.7 Å². The van der Waals surface area contributed by atoms with E-state index in [1.54, 1.807) is 12.4 Å². The summed E-state index contributed by atoms with van der Waals surface area (Å²) in [5.74, 6) is -1.12. The molecule has 4 saturated heterocycles. The lowest BCUT2D eigenvalue weighted by Gasteiger charge is -2.49. The Morgan fingerprint density at radius 1 is 0.966 bits per heavy atom. The van der Waals surface area contributed by atoms with Crippen molar-refractivity contribution in [3.8, 4) is 11.1 Å². The minimum atomic E-state index is -0.885. The largest absolute Gasteiger partial charge is 0.378 e. The molecule has 0 saturated carbocycles. The minimum Gasteiger partial charge on any atom is -0.378 e. The second kappa shape index (κ2) is 7.42. The molecule has 0 N–H and O–H groups in total. The van der Waals surface area contributed by atoms with Gasteiger partial charge in [0.15, 0.2) is 6.29 Å². The summed E-state index contributed by atoms with van der Waals surface area (Å²) in [6.07, 6.45) is 6.83. The summed E-state index contributed by atoms with van der Waals surface area (Å²) in [6.45, 7) is 3.53. The standard InChI is InChI=1S/C21H22F2N4O2/c22-19-4-13(5-20(23)18(19)10-28)14-6-24-21(25-7-14)27-9-15-2-1-3-16(27)8-26(15)17-11-29-12-17/h4-7,10,15-17H,1-3,8-9,11-12H2. The van der Waals surface area contributed by atoms with Crippen molar-refractivity contribution >= 4 is 12.2 Å². The molecule has 0 spiro atoms. The summed E-state index contributed by atoms with van der Waals surface area (Å²) >= 11 is 0. The number of fused-ring (bicyclic) bond motifs is 4. The van der Waals surface area contributed by atoms with Crippen LogP contribution in [0.2, 0.25) is 0 Å². The van der Waals surface area contributed by atoms with Gasteiger partial charge in [0.05, 0.1) is 24.8 Å². The summed E-state index contributed by atoms with van der Waals surface area (Å²) in [7, 11) is 0. The number of benzene rings is 1. The van der Waals surface area contributed by atoms with Crippen molar-refractivity contribution < 1.29 is 18.3 Å². The molecule has 8 heteroatoms. The van der Waals surface area contributed by atoms with Crippen LogP contribution in [-0.4, -0.2) is 65.6 Å². The summed E-state index contributed by atoms with van der Waals surface area (Å²) < 4.78 is 33.2. The van der Waals surface area contributed by atoms with Crippen molar-refractivity contribution in [2.75, 3.05) is 31.2 Å². The number of anilines is 1. The number of carbonyl (C=O) groups is 1. The predicted molar refractivity (Wildman–Crippen MR) is 103 cm³/mol. The number of ether oxygens (including phenoxy) is 1. The van der Waals surface area contributed by atoms with E-state index in [-0.39, 0.29) is 6.29 Å². The molecule has 4 aliphatic rings. The first-order chi connectivity index (χ1) is 14.1. The van der Waals surface area contributed by atoms with Gasteiger partial charge in [0, 0.05) is 43.1 Å². The quantitative estimate of drug-likeness (QED) is 0.736. The second-order valence-electron chi connectivity index (χ2n) is 8.02. The normalized spacial score (nSPS) is 25.0. The molecule has 2 aromatic rings. The molecule has 152 valence electrons. The van der Waals surface area contributed by atoms with Crippen LogP contribution in [0, 0.1) is 11.6 Å². The van der Waals surface area contributed by atoms with Gasteiger partial charge >= 0.3 is 0 Å². The smallest absolute Gasteiger partial charge is 0.225 e. The average Bonchev–Trinajstić information content (AvgIpc) is 3.00. The fourth-order valence-corrected chi connectivity index (χ4v) is 4.65. The maximum Gasteiger partial charge on any atom is 0.225 e. The molecule has 6 nitrogen and oxygen atoms in total. The third kappa shape index (κ3) is 3.30. The third-order valence-electron chi connectivity index (χ3n) is 6.33. The molecule has 0 aliphatic carbocycles. The molecule has 1 aromatic carbocycles. The molecule has 29 heavy (non-hydrogen) atoms. The van der Waals surface area contributed by atoms with Crippen LogP contribution in [0.3, 0.4) is 0 Å². The van der Waals surface area contributed by atoms with Crippen LogP contribution in [0.15, 0.2) is 24.5 Å². The maximum atomic E-state index is 13.9. The van der Waals surface area contributed by atoms with Crippen molar-refractivity contribution in [3.63, 3.8) is 0 Å². The fraction of sp³-hybridized carbons (Fsp3) is 0.476. The molecular weight excluding hydrogens is 378 g/mol. The van der Waals surface area contributed by atoms with Gasteiger partial charge < -0.3 is 9.64 Å². The van der Waals surface area contributed by atoms with E-state index in [1.807, 2.05) is 0 Å². The van der Waals surface area contributed by atoms with E-state index in [0.29, 0.717) is 35.2 Å². The van der Waals surface area contributed by atoms with Gasteiger partial charge in [0.25, 0.3) is 0 Å². The van der Waals surface area contributed by atoms with Gasteiger partial charge in [-0.05, 0) is 37.0 Å². The molecule has 6 rings (SSSR count). The lowest BCUT2D eigenvalue weighted by molar-refractivity contribution is -0.0838. The Labute approximate surface area is 167 Å². The van der Waals surface area contributed by atoms with E-state index in [4.69, 9.17) is 4.74 Å². The van der Waals surface area contributed by atoms with E-state index < -0.39 is 17.2 Å². The van der Waals surface area contributed by atoms with Crippen LogP contribution in [-0.2, 0) is 4.74 Å². The molecule has 1 aromatic heterocycles. The first-order valence-corrected chi connectivity index (χ1v) is 10.0. The van der Waals surface area contributed by atoms with Crippen molar-refractivity contribution in [2.24, 2.45) is 0 Å². The predicted octanol–water partition coefficient (Wildman–Crippen LogP) is 2.68. The lowest BCUT2D eigenvalue weighted by atomic mass is 10.0. The molecular formula is C21H22F2N4O2. The molecule has 0 radical (unpaired) electrons. The molecule has 4 fully saturated rings. The maximum absolute atomic E-state index is 13.9. The van der Waals surface area contributed by atoms with Crippen molar-refractivity contribution in [3.05, 3.63) is 41.7 Å². The number of aldehydes is 1. The number of carbonyl (C=O) groups excluding carboxylic acids is 1. The van der Waals surface area contributed by atoms with Crippen LogP contribution in [0.25, 0.3) is 11.1 Å². The van der Waals surface area contributed by atoms with E-state index in [1.165, 1.54) is 12.8 Å². The molecule has 5 heterocycles. The van der Waals surface area contributed by atoms with Crippen LogP contribution in [0.1, 0.15) is 29.6 Å². The highest BCUT2D eigenvalue weighted by atomic mass is 19.1. The van der Waals surface area contributed by atoms with Gasteiger partial charge in [-0.3, -0.25) is 9.69 Å². The van der Waals surface area contributed by atoms with Gasteiger partial charge in [-0.1, -0.05) is 0 Å². The fourth-order valence-electron chi connectivity index (χ4n) is 4.65. The number of hydrogen-bond acceptors (Lipinski definition) is 6. The molecule has 0 amide bonds. The number of rotatable bonds is 4. The van der Waals surface area contributed by atoms with Crippen LogP contribution < -0.4 is 4.90 Å². The van der Waals surface area contributed by atoms with Crippen molar-refractivity contribution in [2.45, 2.75) is 37.4 Å². The Hall–Kier alpha value is -2.45. The summed E-state index contributed by atoms with van der Waals surface area (Å²) in [4.78, 5) is 24.6. The summed E-state index contributed by atoms with van der Waals surface area (Å²) in [6, 6.07) is 3.65. The minimum absolute atomic E-state index is 0.182. The monoisotopic (exact) mass is 400 g/mol. The zero-order chi connectivity index (χ0) is 20.0. The van der Waals surface area contributed by atoms with Crippen LogP contribution in [0.5, 0.6) is 0 Å². The number of piperazine rings is 1. The number of hydrogen-bond donors (Lipinski definition) is 0. The van der Waals surface area contributed by atoms with Gasteiger partial charge in [0.2, 0.25) is 5.95 Å². The molecule has 2 atom stereocenters. The highest BCUT2D eigenvalue weighted by Crippen LogP contribution is 2.33. The zero-order valence-electron chi connectivity index (χ0n) is 15.9. The Balaban J connectivity index is 1.37. The Bertz CT molecular complexity index is 896. The van der Waals surface area contributed by atoms with E-state index in [9.17, 15) is 13.6 Å². The van der Waals surface area contributed by atoms with Crippen LogP contribution in [0.4, 0.5) is 14.7 Å². The van der Waals surface area contributed by atoms with Crippen molar-refractivity contribution in [1.82, 2.24) is 14.9 Å². The highest BCUT2D eigenvalue weighted by molar-refractivity contribution is 5.78. The van der Waals surface area contributed by atoms with E-state index >= 15 is 0 Å². The summed E-state index contributed by atoms with van der Waals surface area (Å²) in [5.41, 5.74) is 0.260.